The Morgan fingerprint density at radius 1 is 1.25 bits per heavy atom. The predicted octanol–water partition coefficient (Wildman–Crippen LogP) is 0.424. The van der Waals surface area contributed by atoms with Gasteiger partial charge in [-0.05, 0) is 43.2 Å². The number of aromatic nitrogens is 3. The first-order chi connectivity index (χ1) is 15.2. The minimum absolute atomic E-state index is 0.00135. The van der Waals surface area contributed by atoms with Crippen molar-refractivity contribution in [3.05, 3.63) is 35.2 Å². The number of nitrogens with two attached hydrogens (primary N) is 1. The molecule has 1 aliphatic rings. The molecule has 32 heavy (non-hydrogen) atoms. The largest absolute Gasteiger partial charge is 0.493 e. The van der Waals surface area contributed by atoms with Gasteiger partial charge in [0.05, 0.1) is 11.1 Å². The first kappa shape index (κ1) is 22.7. The lowest BCUT2D eigenvalue weighted by atomic mass is 9.91. The van der Waals surface area contributed by atoms with E-state index in [1.807, 2.05) is 0 Å². The number of hydrogen-bond acceptors (Lipinski definition) is 9. The zero-order valence-corrected chi connectivity index (χ0v) is 17.1. The molecule has 0 saturated heterocycles. The highest BCUT2D eigenvalue weighted by Crippen LogP contribution is 2.31. The van der Waals surface area contributed by atoms with Crippen molar-refractivity contribution >= 4 is 29.6 Å². The van der Waals surface area contributed by atoms with Gasteiger partial charge in [0.1, 0.15) is 11.9 Å². The van der Waals surface area contributed by atoms with E-state index < -0.39 is 23.9 Å². The Labute approximate surface area is 182 Å². The molecule has 0 fully saturated rings. The molecule has 0 aliphatic carbocycles. The number of carboxylic acid groups (broad SMARTS) is 2. The van der Waals surface area contributed by atoms with Crippen LogP contribution in [0.5, 0.6) is 5.88 Å². The van der Waals surface area contributed by atoms with Crippen LogP contribution in [0.2, 0.25) is 0 Å². The summed E-state index contributed by atoms with van der Waals surface area (Å²) in [5, 5.41) is 33.4. The maximum Gasteiger partial charge on any atom is 0.326 e. The number of nitrogens with zero attached hydrogens (tertiary/aromatic N) is 3. The molecule has 170 valence electrons. The Morgan fingerprint density at radius 3 is 2.75 bits per heavy atom. The second kappa shape index (κ2) is 9.90. The van der Waals surface area contributed by atoms with E-state index in [9.17, 15) is 24.6 Å². The van der Waals surface area contributed by atoms with Crippen LogP contribution < -0.4 is 16.4 Å². The van der Waals surface area contributed by atoms with Crippen molar-refractivity contribution in [2.45, 2.75) is 38.1 Å². The van der Waals surface area contributed by atoms with Gasteiger partial charge in [0, 0.05) is 25.4 Å². The van der Waals surface area contributed by atoms with Crippen molar-refractivity contribution < 1.29 is 29.7 Å². The number of fused-ring (bicyclic) bond motifs is 1. The fraction of sp³-hybridized carbons (Fsp3) is 0.400. The Kier molecular flexibility index (Phi) is 7.03. The van der Waals surface area contributed by atoms with Gasteiger partial charge in [0.15, 0.2) is 0 Å². The van der Waals surface area contributed by atoms with Crippen molar-refractivity contribution in [1.82, 2.24) is 20.3 Å². The van der Waals surface area contributed by atoms with E-state index in [4.69, 9.17) is 10.8 Å². The van der Waals surface area contributed by atoms with Crippen molar-refractivity contribution in [1.29, 1.82) is 0 Å². The molecule has 12 nitrogen and oxygen atoms in total. The van der Waals surface area contributed by atoms with Crippen LogP contribution in [0.3, 0.4) is 0 Å². The van der Waals surface area contributed by atoms with Crippen LogP contribution in [0, 0.1) is 5.92 Å². The third-order valence-corrected chi connectivity index (χ3v) is 5.20. The second-order valence-electron chi connectivity index (χ2n) is 7.60. The van der Waals surface area contributed by atoms with Crippen LogP contribution >= 0.6 is 0 Å². The number of aliphatic carboxylic acids is 2. The number of anilines is 2. The van der Waals surface area contributed by atoms with Gasteiger partial charge in [-0.25, -0.2) is 4.79 Å². The number of rotatable bonds is 9. The zero-order chi connectivity index (χ0) is 23.3. The van der Waals surface area contributed by atoms with Crippen molar-refractivity contribution in [3.8, 4) is 5.88 Å². The summed E-state index contributed by atoms with van der Waals surface area (Å²) in [6.07, 6.45) is 4.27. The summed E-state index contributed by atoms with van der Waals surface area (Å²) in [6, 6.07) is 0.323. The minimum atomic E-state index is -1.31. The summed E-state index contributed by atoms with van der Waals surface area (Å²) in [6.45, 7) is 0.639. The zero-order valence-electron chi connectivity index (χ0n) is 17.1. The van der Waals surface area contributed by atoms with Crippen molar-refractivity contribution in [3.63, 3.8) is 0 Å². The van der Waals surface area contributed by atoms with Crippen molar-refractivity contribution in [2.24, 2.45) is 5.92 Å². The standard InChI is InChI=1S/C20H24N6O6/c21-20-25-16-13(18(30)26-20)6-11(8-23-16)2-1-10-5-12(9-22-7-10)17(29)24-14(19(31)32)3-4-15(27)28/h5,7,9,11,14H,1-4,6,8H2,(H,24,29)(H,27,28)(H,31,32)(H4,21,23,25,26,30)/t11?,14-/m0/s1. The van der Waals surface area contributed by atoms with Gasteiger partial charge in [0.2, 0.25) is 11.8 Å². The molecule has 0 saturated carbocycles. The molecule has 1 aliphatic heterocycles. The molecule has 0 spiro atoms. The molecule has 2 aromatic rings. The smallest absolute Gasteiger partial charge is 0.326 e. The molecule has 2 atom stereocenters. The summed E-state index contributed by atoms with van der Waals surface area (Å²) in [7, 11) is 0. The molecule has 3 rings (SSSR count). The summed E-state index contributed by atoms with van der Waals surface area (Å²) in [5.74, 6) is -2.50. The number of pyridine rings is 1. The van der Waals surface area contributed by atoms with E-state index in [1.165, 1.54) is 6.20 Å². The molecular formula is C20H24N6O6. The van der Waals surface area contributed by atoms with E-state index in [-0.39, 0.29) is 36.2 Å². The fourth-order valence-electron chi connectivity index (χ4n) is 3.52. The molecule has 2 aromatic heterocycles. The second-order valence-corrected chi connectivity index (χ2v) is 7.60. The molecule has 1 unspecified atom stereocenters. The normalized spacial score (nSPS) is 15.8. The minimum Gasteiger partial charge on any atom is -0.493 e. The maximum absolute atomic E-state index is 12.4. The first-order valence-electron chi connectivity index (χ1n) is 10.0. The molecule has 1 amide bonds. The van der Waals surface area contributed by atoms with Gasteiger partial charge < -0.3 is 31.7 Å². The third-order valence-electron chi connectivity index (χ3n) is 5.20. The Bertz CT molecular complexity index is 1030. The fourth-order valence-corrected chi connectivity index (χ4v) is 3.52. The highest BCUT2D eigenvalue weighted by atomic mass is 16.4. The summed E-state index contributed by atoms with van der Waals surface area (Å²) < 4.78 is 0. The van der Waals surface area contributed by atoms with E-state index in [2.05, 4.69) is 25.6 Å². The number of carbonyl (C=O) groups is 3. The highest BCUT2D eigenvalue weighted by molar-refractivity contribution is 5.96. The van der Waals surface area contributed by atoms with E-state index in [0.717, 1.165) is 12.0 Å². The molecule has 0 aromatic carbocycles. The molecule has 3 heterocycles. The maximum atomic E-state index is 12.4. The summed E-state index contributed by atoms with van der Waals surface area (Å²) in [4.78, 5) is 46.3. The van der Waals surface area contributed by atoms with Gasteiger partial charge in [-0.15, -0.1) is 0 Å². The quantitative estimate of drug-likeness (QED) is 0.313. The van der Waals surface area contributed by atoms with Crippen LogP contribution in [0.15, 0.2) is 18.5 Å². The summed E-state index contributed by atoms with van der Waals surface area (Å²) in [5.41, 5.74) is 7.14. The number of carboxylic acids is 2. The number of aromatic hydroxyl groups is 1. The van der Waals surface area contributed by atoms with Gasteiger partial charge in [-0.1, -0.05) is 0 Å². The molecule has 7 N–H and O–H groups in total. The molecule has 12 heteroatoms. The SMILES string of the molecule is Nc1nc(O)c2c(n1)NCC(CCc1cncc(C(=O)N[C@@H](CCC(=O)O)C(=O)O)c1)C2. The first-order valence-corrected chi connectivity index (χ1v) is 10.0. The number of amides is 1. The van der Waals surface area contributed by atoms with E-state index in [1.54, 1.807) is 12.3 Å². The third kappa shape index (κ3) is 5.80. The topological polar surface area (TPSA) is 201 Å². The van der Waals surface area contributed by atoms with Crippen LogP contribution in [-0.4, -0.2) is 60.7 Å². The number of nitrogen functional groups attached to an aromatic ring is 1. The van der Waals surface area contributed by atoms with Gasteiger partial charge in [-0.3, -0.25) is 14.6 Å². The average Bonchev–Trinajstić information content (AvgIpc) is 2.75. The van der Waals surface area contributed by atoms with E-state index in [0.29, 0.717) is 30.8 Å². The van der Waals surface area contributed by atoms with Gasteiger partial charge >= 0.3 is 11.9 Å². The van der Waals surface area contributed by atoms with Gasteiger partial charge in [-0.2, -0.15) is 9.97 Å². The Hall–Kier alpha value is -3.96. The number of aryl methyl sites for hydroxylation is 1. The number of hydrogen-bond donors (Lipinski definition) is 6. The summed E-state index contributed by atoms with van der Waals surface area (Å²) >= 11 is 0. The predicted molar refractivity (Wildman–Crippen MR) is 112 cm³/mol. The lowest BCUT2D eigenvalue weighted by Gasteiger charge is -2.25. The number of carbonyl (C=O) groups excluding carboxylic acids is 1. The van der Waals surface area contributed by atoms with Crippen molar-refractivity contribution in [2.75, 3.05) is 17.6 Å². The van der Waals surface area contributed by atoms with Crippen LogP contribution in [0.4, 0.5) is 11.8 Å². The molecular weight excluding hydrogens is 420 g/mol. The monoisotopic (exact) mass is 444 g/mol. The average molecular weight is 444 g/mol. The van der Waals surface area contributed by atoms with Crippen LogP contribution in [0.25, 0.3) is 0 Å². The Balaban J connectivity index is 1.59. The number of nitrogens with one attached hydrogen (secondary N) is 2. The lowest BCUT2D eigenvalue weighted by molar-refractivity contribution is -0.140. The Morgan fingerprint density at radius 2 is 2.03 bits per heavy atom. The highest BCUT2D eigenvalue weighted by Gasteiger charge is 2.24. The van der Waals surface area contributed by atoms with Crippen LogP contribution in [0.1, 0.15) is 40.7 Å². The van der Waals surface area contributed by atoms with Gasteiger partial charge in [0.25, 0.3) is 5.91 Å². The molecule has 0 bridgehead atoms. The lowest BCUT2D eigenvalue weighted by Crippen LogP contribution is -2.41. The van der Waals surface area contributed by atoms with E-state index >= 15 is 0 Å². The molecule has 0 radical (unpaired) electrons. The van der Waals surface area contributed by atoms with Crippen LogP contribution in [-0.2, 0) is 22.4 Å².